The molecule has 1 fully saturated rings. The number of aliphatic hydroxyl groups excluding tert-OH is 1. The highest BCUT2D eigenvalue weighted by Gasteiger charge is 2.46. The molecule has 8 nitrogen and oxygen atoms in total. The third-order valence-corrected chi connectivity index (χ3v) is 7.13. The fourth-order valence-corrected chi connectivity index (χ4v) is 5.49. The van der Waals surface area contributed by atoms with Gasteiger partial charge in [0.15, 0.2) is 0 Å². The second-order valence-corrected chi connectivity index (χ2v) is 9.98. The lowest BCUT2D eigenvalue weighted by atomic mass is 9.84. The molecule has 4 atom stereocenters. The van der Waals surface area contributed by atoms with E-state index >= 15 is 0 Å². The average molecular weight is 480 g/mol. The second kappa shape index (κ2) is 9.97. The van der Waals surface area contributed by atoms with Crippen LogP contribution in [0.1, 0.15) is 35.4 Å². The molecule has 8 heteroatoms. The molecule has 35 heavy (non-hydrogen) atoms. The third kappa shape index (κ3) is 5.05. The maximum Gasteiger partial charge on any atom is 0.238 e. The lowest BCUT2D eigenvalue weighted by Gasteiger charge is -2.38. The molecule has 3 aliphatic heterocycles. The number of likely N-dealkylation sites (N-methyl/N-ethyl adjacent to an activating group) is 1. The molecule has 0 radical (unpaired) electrons. The highest BCUT2D eigenvalue weighted by Crippen LogP contribution is 2.47. The van der Waals surface area contributed by atoms with Gasteiger partial charge in [0.2, 0.25) is 11.8 Å². The Labute approximate surface area is 205 Å². The lowest BCUT2D eigenvalue weighted by Crippen LogP contribution is -2.48. The molecule has 3 aliphatic rings. The fourth-order valence-electron chi connectivity index (χ4n) is 5.49. The van der Waals surface area contributed by atoms with Crippen molar-refractivity contribution in [3.05, 3.63) is 59.2 Å². The number of nitrogens with zero attached hydrogens (tertiary/aromatic N) is 2. The molecule has 3 heterocycles. The van der Waals surface area contributed by atoms with Crippen molar-refractivity contribution < 1.29 is 24.2 Å². The molecule has 0 unspecified atom stereocenters. The number of ether oxygens (including phenoxy) is 2. The van der Waals surface area contributed by atoms with Gasteiger partial charge in [0.05, 0.1) is 25.7 Å². The van der Waals surface area contributed by atoms with Crippen molar-refractivity contribution in [1.82, 2.24) is 9.80 Å². The van der Waals surface area contributed by atoms with Crippen LogP contribution in [0.4, 0.5) is 5.69 Å². The Morgan fingerprint density at radius 1 is 1.17 bits per heavy atom. The zero-order valence-corrected chi connectivity index (χ0v) is 20.3. The monoisotopic (exact) mass is 479 g/mol. The van der Waals surface area contributed by atoms with Crippen molar-refractivity contribution in [1.29, 1.82) is 0 Å². The van der Waals surface area contributed by atoms with Crippen LogP contribution < -0.4 is 10.1 Å². The highest BCUT2D eigenvalue weighted by molar-refractivity contribution is 5.92. The normalized spacial score (nSPS) is 24.9. The van der Waals surface area contributed by atoms with E-state index in [9.17, 15) is 14.7 Å². The minimum Gasteiger partial charge on any atom is -0.487 e. The maximum absolute atomic E-state index is 13.2. The van der Waals surface area contributed by atoms with Crippen molar-refractivity contribution in [3.8, 4) is 5.75 Å². The standard InChI is InChI=1S/C27H33N3O5/c1-29(2)15-25(32)28-19-7-8-23-21(11-19)22-12-20(34-24(16-31)27(22)35-23)13-26(33)30-10-9-17-5-3-4-6-18(17)14-30/h3-8,11,20,22,24,27,31H,9-10,12-16H2,1-2H3,(H,28,32)/t20-,22-,24+,27+/m1/s1. The van der Waals surface area contributed by atoms with Crippen LogP contribution in [0.5, 0.6) is 5.75 Å². The van der Waals surface area contributed by atoms with E-state index in [0.717, 1.165) is 17.7 Å². The number of fused-ring (bicyclic) bond motifs is 4. The van der Waals surface area contributed by atoms with Crippen molar-refractivity contribution in [2.75, 3.05) is 39.1 Å². The third-order valence-electron chi connectivity index (χ3n) is 7.13. The molecule has 5 rings (SSSR count). The van der Waals surface area contributed by atoms with Gasteiger partial charge in [-0.3, -0.25) is 9.59 Å². The molecule has 2 aromatic rings. The van der Waals surface area contributed by atoms with E-state index in [1.807, 2.05) is 54.2 Å². The Kier molecular flexibility index (Phi) is 6.77. The zero-order chi connectivity index (χ0) is 24.5. The Hall–Kier alpha value is -2.94. The molecule has 0 saturated carbocycles. The summed E-state index contributed by atoms with van der Waals surface area (Å²) in [5.41, 5.74) is 4.21. The molecule has 0 bridgehead atoms. The Balaban J connectivity index is 1.28. The number of nitrogens with one attached hydrogen (secondary N) is 1. The van der Waals surface area contributed by atoms with E-state index in [-0.39, 0.29) is 43.0 Å². The van der Waals surface area contributed by atoms with Crippen LogP contribution in [-0.2, 0) is 27.3 Å². The SMILES string of the molecule is CN(C)CC(=O)Nc1ccc2c(c1)[C@H]1C[C@H](CC(=O)N3CCc4ccccc4C3)O[C@@H](CO)[C@H]1O2. The first kappa shape index (κ1) is 23.8. The molecule has 0 aromatic heterocycles. The van der Waals surface area contributed by atoms with Crippen LogP contribution in [0.3, 0.4) is 0 Å². The van der Waals surface area contributed by atoms with Gasteiger partial charge in [-0.05, 0) is 56.3 Å². The van der Waals surface area contributed by atoms with Crippen LogP contribution >= 0.6 is 0 Å². The minimum atomic E-state index is -0.507. The predicted molar refractivity (Wildman–Crippen MR) is 131 cm³/mol. The van der Waals surface area contributed by atoms with Gasteiger partial charge in [0.1, 0.15) is 18.0 Å². The smallest absolute Gasteiger partial charge is 0.238 e. The number of hydrogen-bond acceptors (Lipinski definition) is 6. The van der Waals surface area contributed by atoms with E-state index in [2.05, 4.69) is 17.4 Å². The predicted octanol–water partition coefficient (Wildman–Crippen LogP) is 2.16. The summed E-state index contributed by atoms with van der Waals surface area (Å²) in [7, 11) is 3.70. The molecular weight excluding hydrogens is 446 g/mol. The number of rotatable bonds is 6. The van der Waals surface area contributed by atoms with Crippen LogP contribution in [0.25, 0.3) is 0 Å². The van der Waals surface area contributed by atoms with Gasteiger partial charge in [-0.25, -0.2) is 0 Å². The Morgan fingerprint density at radius 2 is 1.97 bits per heavy atom. The number of benzene rings is 2. The van der Waals surface area contributed by atoms with E-state index < -0.39 is 6.10 Å². The van der Waals surface area contributed by atoms with Crippen molar-refractivity contribution in [3.63, 3.8) is 0 Å². The summed E-state index contributed by atoms with van der Waals surface area (Å²) < 4.78 is 12.3. The quantitative estimate of drug-likeness (QED) is 0.660. The first-order valence-corrected chi connectivity index (χ1v) is 12.3. The van der Waals surface area contributed by atoms with Gasteiger partial charge in [0, 0.05) is 30.3 Å². The molecular formula is C27H33N3O5. The highest BCUT2D eigenvalue weighted by atomic mass is 16.6. The molecule has 2 N–H and O–H groups in total. The summed E-state index contributed by atoms with van der Waals surface area (Å²) >= 11 is 0. The molecule has 186 valence electrons. The number of carbonyl (C=O) groups is 2. The fraction of sp³-hybridized carbons (Fsp3) is 0.481. The molecule has 0 aliphatic carbocycles. The number of amides is 2. The van der Waals surface area contributed by atoms with Gasteiger partial charge >= 0.3 is 0 Å². The maximum atomic E-state index is 13.2. The molecule has 1 saturated heterocycles. The van der Waals surface area contributed by atoms with Crippen molar-refractivity contribution >= 4 is 17.5 Å². The van der Waals surface area contributed by atoms with Crippen LogP contribution in [0, 0.1) is 0 Å². The minimum absolute atomic E-state index is 0.0125. The topological polar surface area (TPSA) is 91.3 Å². The molecule has 2 aromatic carbocycles. The van der Waals surface area contributed by atoms with Crippen LogP contribution in [0.15, 0.2) is 42.5 Å². The Bertz CT molecular complexity index is 1100. The number of carbonyl (C=O) groups excluding carboxylic acids is 2. The largest absolute Gasteiger partial charge is 0.487 e. The summed E-state index contributed by atoms with van der Waals surface area (Å²) in [5.74, 6) is 0.717. The summed E-state index contributed by atoms with van der Waals surface area (Å²) in [4.78, 5) is 29.1. The van der Waals surface area contributed by atoms with E-state index in [1.165, 1.54) is 11.1 Å². The molecule has 2 amide bonds. The summed E-state index contributed by atoms with van der Waals surface area (Å²) in [6, 6.07) is 13.9. The van der Waals surface area contributed by atoms with Crippen LogP contribution in [0.2, 0.25) is 0 Å². The van der Waals surface area contributed by atoms with Gasteiger partial charge in [-0.15, -0.1) is 0 Å². The second-order valence-electron chi connectivity index (χ2n) is 9.98. The number of hydrogen-bond donors (Lipinski definition) is 2. The summed E-state index contributed by atoms with van der Waals surface area (Å²) in [6.45, 7) is 1.45. The van der Waals surface area contributed by atoms with Gasteiger partial charge in [-0.1, -0.05) is 24.3 Å². The molecule has 0 spiro atoms. The lowest BCUT2D eigenvalue weighted by molar-refractivity contribution is -0.149. The van der Waals surface area contributed by atoms with E-state index in [0.29, 0.717) is 31.7 Å². The van der Waals surface area contributed by atoms with Gasteiger partial charge in [0.25, 0.3) is 0 Å². The number of aliphatic hydroxyl groups is 1. The van der Waals surface area contributed by atoms with Gasteiger partial charge < -0.3 is 29.7 Å². The van der Waals surface area contributed by atoms with E-state index in [4.69, 9.17) is 9.47 Å². The van der Waals surface area contributed by atoms with E-state index in [1.54, 1.807) is 0 Å². The number of anilines is 1. The first-order chi connectivity index (χ1) is 16.9. The summed E-state index contributed by atoms with van der Waals surface area (Å²) in [5, 5.41) is 13.0. The first-order valence-electron chi connectivity index (χ1n) is 12.3. The van der Waals surface area contributed by atoms with Gasteiger partial charge in [-0.2, -0.15) is 0 Å². The van der Waals surface area contributed by atoms with Crippen LogP contribution in [-0.4, -0.2) is 78.8 Å². The summed E-state index contributed by atoms with van der Waals surface area (Å²) in [6.07, 6.45) is 0.639. The van der Waals surface area contributed by atoms with Crippen molar-refractivity contribution in [2.24, 2.45) is 0 Å². The average Bonchev–Trinajstić information content (AvgIpc) is 3.20. The Morgan fingerprint density at radius 3 is 2.74 bits per heavy atom. The zero-order valence-electron chi connectivity index (χ0n) is 20.3. The van der Waals surface area contributed by atoms with Crippen molar-refractivity contribution in [2.45, 2.75) is 50.0 Å².